The predicted octanol–water partition coefficient (Wildman–Crippen LogP) is 2.48. The number of nitrogens with one attached hydrogen (secondary N) is 1. The number of benzene rings is 1. The molecule has 0 saturated carbocycles. The van der Waals surface area contributed by atoms with Crippen LogP contribution in [0.3, 0.4) is 0 Å². The van der Waals surface area contributed by atoms with Crippen LogP contribution < -0.4 is 14.8 Å². The van der Waals surface area contributed by atoms with Crippen LogP contribution in [-0.2, 0) is 9.53 Å². The van der Waals surface area contributed by atoms with Crippen molar-refractivity contribution in [3.63, 3.8) is 0 Å². The zero-order chi connectivity index (χ0) is 16.2. The molecule has 3 rings (SSSR count). The molecule has 7 heteroatoms. The van der Waals surface area contributed by atoms with Crippen molar-refractivity contribution in [3.8, 4) is 22.6 Å². The minimum absolute atomic E-state index is 0.221. The lowest BCUT2D eigenvalue weighted by Gasteiger charge is -2.11. The minimum atomic E-state index is -0.432. The van der Waals surface area contributed by atoms with Crippen molar-refractivity contribution in [3.05, 3.63) is 24.4 Å². The van der Waals surface area contributed by atoms with Crippen molar-refractivity contribution < 1.29 is 23.5 Å². The molecule has 0 aliphatic carbocycles. The zero-order valence-corrected chi connectivity index (χ0v) is 13.0. The first-order valence-electron chi connectivity index (χ1n) is 7.32. The number of nitrogens with zero attached hydrogens (tertiary/aromatic N) is 1. The average Bonchev–Trinajstić information content (AvgIpc) is 3.25. The molecule has 1 unspecified atom stereocenters. The lowest BCUT2D eigenvalue weighted by atomic mass is 10.1. The second kappa shape index (κ2) is 6.70. The summed E-state index contributed by atoms with van der Waals surface area (Å²) in [5, 5.41) is 6.51. The van der Waals surface area contributed by atoms with Crippen molar-refractivity contribution in [2.75, 3.05) is 26.1 Å². The van der Waals surface area contributed by atoms with E-state index in [1.165, 1.54) is 0 Å². The van der Waals surface area contributed by atoms with Crippen molar-refractivity contribution >= 4 is 11.8 Å². The van der Waals surface area contributed by atoms with Gasteiger partial charge in [-0.1, -0.05) is 11.2 Å². The summed E-state index contributed by atoms with van der Waals surface area (Å²) in [7, 11) is 3.14. The number of hydrogen-bond acceptors (Lipinski definition) is 6. The van der Waals surface area contributed by atoms with Crippen LogP contribution in [0.15, 0.2) is 28.9 Å². The second-order valence-corrected chi connectivity index (χ2v) is 5.13. The molecule has 2 heterocycles. The van der Waals surface area contributed by atoms with Gasteiger partial charge in [-0.2, -0.15) is 0 Å². The van der Waals surface area contributed by atoms with E-state index in [-0.39, 0.29) is 11.8 Å². The summed E-state index contributed by atoms with van der Waals surface area (Å²) in [4.78, 5) is 12.2. The highest BCUT2D eigenvalue weighted by atomic mass is 16.5. The SMILES string of the molecule is COc1ccc(-c2cnoc2NC(=O)C2CCCO2)cc1OC. The highest BCUT2D eigenvalue weighted by Gasteiger charge is 2.25. The number of anilines is 1. The van der Waals surface area contributed by atoms with E-state index in [1.807, 2.05) is 6.07 Å². The Morgan fingerprint density at radius 1 is 1.30 bits per heavy atom. The van der Waals surface area contributed by atoms with E-state index in [0.717, 1.165) is 12.0 Å². The van der Waals surface area contributed by atoms with Gasteiger partial charge in [0, 0.05) is 6.61 Å². The van der Waals surface area contributed by atoms with Crippen LogP contribution in [0.5, 0.6) is 11.5 Å². The van der Waals surface area contributed by atoms with Crippen molar-refractivity contribution in [2.24, 2.45) is 0 Å². The van der Waals surface area contributed by atoms with Gasteiger partial charge in [0.05, 0.1) is 26.0 Å². The lowest BCUT2D eigenvalue weighted by Crippen LogP contribution is -2.26. The molecule has 1 aliphatic heterocycles. The van der Waals surface area contributed by atoms with E-state index in [1.54, 1.807) is 32.5 Å². The lowest BCUT2D eigenvalue weighted by molar-refractivity contribution is -0.124. The maximum absolute atomic E-state index is 12.2. The van der Waals surface area contributed by atoms with Crippen LogP contribution in [0.1, 0.15) is 12.8 Å². The Bertz CT molecular complexity index is 692. The van der Waals surface area contributed by atoms with Crippen molar-refractivity contribution in [2.45, 2.75) is 18.9 Å². The first-order chi connectivity index (χ1) is 11.2. The summed E-state index contributed by atoms with van der Waals surface area (Å²) in [5.74, 6) is 1.28. The zero-order valence-electron chi connectivity index (χ0n) is 13.0. The molecule has 1 saturated heterocycles. The Labute approximate surface area is 133 Å². The smallest absolute Gasteiger partial charge is 0.255 e. The summed E-state index contributed by atoms with van der Waals surface area (Å²) >= 11 is 0. The largest absolute Gasteiger partial charge is 0.493 e. The van der Waals surface area contributed by atoms with Gasteiger partial charge in [0.15, 0.2) is 11.5 Å². The van der Waals surface area contributed by atoms with Gasteiger partial charge in [0.1, 0.15) is 6.10 Å². The Hall–Kier alpha value is -2.54. The molecule has 1 amide bonds. The van der Waals surface area contributed by atoms with Crippen molar-refractivity contribution in [1.29, 1.82) is 0 Å². The fourth-order valence-electron chi connectivity index (χ4n) is 2.52. The Morgan fingerprint density at radius 3 is 2.83 bits per heavy atom. The molecule has 1 aromatic carbocycles. The van der Waals surface area contributed by atoms with Gasteiger partial charge in [-0.3, -0.25) is 10.1 Å². The van der Waals surface area contributed by atoms with E-state index in [4.69, 9.17) is 18.7 Å². The normalized spacial score (nSPS) is 17.0. The number of rotatable bonds is 5. The molecule has 0 spiro atoms. The summed E-state index contributed by atoms with van der Waals surface area (Å²) < 4.78 is 21.0. The molecule has 1 atom stereocenters. The average molecular weight is 318 g/mol. The summed E-state index contributed by atoms with van der Waals surface area (Å²) in [5.41, 5.74) is 1.46. The molecular formula is C16H18N2O5. The second-order valence-electron chi connectivity index (χ2n) is 5.13. The standard InChI is InChI=1S/C16H18N2O5/c1-20-12-6-5-10(8-14(12)21-2)11-9-17-23-16(11)18-15(19)13-4-3-7-22-13/h5-6,8-9,13H,3-4,7H2,1-2H3,(H,18,19). The van der Waals surface area contributed by atoms with E-state index >= 15 is 0 Å². The molecule has 23 heavy (non-hydrogen) atoms. The van der Waals surface area contributed by atoms with E-state index in [0.29, 0.717) is 30.1 Å². The highest BCUT2D eigenvalue weighted by molar-refractivity contribution is 5.96. The number of carbonyl (C=O) groups excluding carboxylic acids is 1. The third-order valence-electron chi connectivity index (χ3n) is 3.72. The molecule has 2 aromatic rings. The van der Waals surface area contributed by atoms with E-state index < -0.39 is 6.10 Å². The number of aromatic nitrogens is 1. The van der Waals surface area contributed by atoms with Gasteiger partial charge in [-0.25, -0.2) is 0 Å². The van der Waals surface area contributed by atoms with Gasteiger partial charge >= 0.3 is 0 Å². The summed E-state index contributed by atoms with van der Waals surface area (Å²) in [6.07, 6.45) is 2.72. The minimum Gasteiger partial charge on any atom is -0.493 e. The topological polar surface area (TPSA) is 82.8 Å². The summed E-state index contributed by atoms with van der Waals surface area (Å²) in [6, 6.07) is 5.43. The summed E-state index contributed by atoms with van der Waals surface area (Å²) in [6.45, 7) is 0.608. The van der Waals surface area contributed by atoms with Gasteiger partial charge in [0.2, 0.25) is 5.88 Å². The number of hydrogen-bond donors (Lipinski definition) is 1. The molecule has 0 radical (unpaired) electrons. The first-order valence-corrected chi connectivity index (χ1v) is 7.32. The van der Waals surface area contributed by atoms with Crippen LogP contribution in [0, 0.1) is 0 Å². The fourth-order valence-corrected chi connectivity index (χ4v) is 2.52. The Balaban J connectivity index is 1.84. The number of carbonyl (C=O) groups is 1. The van der Waals surface area contributed by atoms with Crippen LogP contribution in [0.2, 0.25) is 0 Å². The third kappa shape index (κ3) is 3.14. The Kier molecular flexibility index (Phi) is 4.47. The number of methoxy groups -OCH3 is 2. The number of ether oxygens (including phenoxy) is 3. The Morgan fingerprint density at radius 2 is 2.13 bits per heavy atom. The molecule has 7 nitrogen and oxygen atoms in total. The van der Waals surface area contributed by atoms with Gasteiger partial charge in [-0.05, 0) is 30.5 Å². The van der Waals surface area contributed by atoms with Crippen molar-refractivity contribution in [1.82, 2.24) is 5.16 Å². The maximum Gasteiger partial charge on any atom is 0.255 e. The van der Waals surface area contributed by atoms with Gasteiger partial charge < -0.3 is 18.7 Å². The molecule has 1 aromatic heterocycles. The molecule has 1 N–H and O–H groups in total. The fraction of sp³-hybridized carbons (Fsp3) is 0.375. The highest BCUT2D eigenvalue weighted by Crippen LogP contribution is 2.35. The van der Waals surface area contributed by atoms with Crippen LogP contribution in [-0.4, -0.2) is 38.0 Å². The number of amides is 1. The van der Waals surface area contributed by atoms with Gasteiger partial charge in [-0.15, -0.1) is 0 Å². The van der Waals surface area contributed by atoms with Gasteiger partial charge in [0.25, 0.3) is 5.91 Å². The van der Waals surface area contributed by atoms with Crippen LogP contribution in [0.25, 0.3) is 11.1 Å². The third-order valence-corrected chi connectivity index (χ3v) is 3.72. The van der Waals surface area contributed by atoms with Crippen LogP contribution >= 0.6 is 0 Å². The molecule has 1 aliphatic rings. The van der Waals surface area contributed by atoms with E-state index in [9.17, 15) is 4.79 Å². The van der Waals surface area contributed by atoms with E-state index in [2.05, 4.69) is 10.5 Å². The predicted molar refractivity (Wildman–Crippen MR) is 82.6 cm³/mol. The molecule has 0 bridgehead atoms. The monoisotopic (exact) mass is 318 g/mol. The van der Waals surface area contributed by atoms with Crippen LogP contribution in [0.4, 0.5) is 5.88 Å². The molecule has 1 fully saturated rings. The quantitative estimate of drug-likeness (QED) is 0.912. The molecular weight excluding hydrogens is 300 g/mol. The molecule has 122 valence electrons. The first kappa shape index (κ1) is 15.4. The maximum atomic E-state index is 12.2.